The first kappa shape index (κ1) is 15.0. The first-order valence-corrected chi connectivity index (χ1v) is 7.07. The van der Waals surface area contributed by atoms with Gasteiger partial charge in [0.25, 0.3) is 5.91 Å². The first-order chi connectivity index (χ1) is 9.43. The summed E-state index contributed by atoms with van der Waals surface area (Å²) in [5.74, 6) is 0.211. The lowest BCUT2D eigenvalue weighted by atomic mass is 10.1. The van der Waals surface area contributed by atoms with E-state index in [9.17, 15) is 9.90 Å². The summed E-state index contributed by atoms with van der Waals surface area (Å²) in [6.45, 7) is 4.74. The summed E-state index contributed by atoms with van der Waals surface area (Å²) in [5.41, 5.74) is 1.39. The zero-order valence-electron chi connectivity index (χ0n) is 12.6. The minimum absolute atomic E-state index is 0.00244. The van der Waals surface area contributed by atoms with Crippen LogP contribution in [0.5, 0.6) is 0 Å². The van der Waals surface area contributed by atoms with Gasteiger partial charge in [0, 0.05) is 18.3 Å². The predicted octanol–water partition coefficient (Wildman–Crippen LogP) is 0.670. The molecule has 1 amide bonds. The molecule has 20 heavy (non-hydrogen) atoms. The maximum Gasteiger partial charge on any atom is 0.274 e. The molecule has 0 aromatic carbocycles. The summed E-state index contributed by atoms with van der Waals surface area (Å²) < 4.78 is 0. The molecule has 1 aromatic rings. The Labute approximate surface area is 119 Å². The molecule has 0 spiro atoms. The van der Waals surface area contributed by atoms with Crippen LogP contribution in [0.2, 0.25) is 0 Å². The van der Waals surface area contributed by atoms with Crippen molar-refractivity contribution in [3.63, 3.8) is 0 Å². The van der Waals surface area contributed by atoms with Crippen LogP contribution in [0.4, 0.5) is 0 Å². The van der Waals surface area contributed by atoms with Gasteiger partial charge < -0.3 is 14.9 Å². The third-order valence-corrected chi connectivity index (χ3v) is 4.03. The minimum Gasteiger partial charge on any atom is -0.394 e. The van der Waals surface area contributed by atoms with Gasteiger partial charge in [-0.15, -0.1) is 0 Å². The van der Waals surface area contributed by atoms with E-state index in [0.29, 0.717) is 24.2 Å². The Morgan fingerprint density at radius 1 is 1.60 bits per heavy atom. The third kappa shape index (κ3) is 2.86. The summed E-state index contributed by atoms with van der Waals surface area (Å²) in [6, 6.07) is 1.98. The van der Waals surface area contributed by atoms with Crippen molar-refractivity contribution in [1.29, 1.82) is 0 Å². The van der Waals surface area contributed by atoms with Crippen molar-refractivity contribution in [1.82, 2.24) is 20.0 Å². The number of nitrogens with zero attached hydrogens (tertiary/aromatic N) is 3. The van der Waals surface area contributed by atoms with Gasteiger partial charge in [0.1, 0.15) is 5.69 Å². The maximum absolute atomic E-state index is 12.5. The highest BCUT2D eigenvalue weighted by Crippen LogP contribution is 2.23. The van der Waals surface area contributed by atoms with Crippen LogP contribution in [0.25, 0.3) is 0 Å². The molecule has 1 saturated heterocycles. The Bertz CT molecular complexity index is 469. The maximum atomic E-state index is 12.5. The molecular formula is C14H24N4O2. The van der Waals surface area contributed by atoms with E-state index in [4.69, 9.17) is 0 Å². The number of likely N-dealkylation sites (tertiary alicyclic amines) is 1. The molecule has 0 aliphatic carbocycles. The van der Waals surface area contributed by atoms with E-state index < -0.39 is 0 Å². The number of carbonyl (C=O) groups excluding carboxylic acids is 1. The number of nitrogens with one attached hydrogen (secondary N) is 1. The van der Waals surface area contributed by atoms with Crippen LogP contribution in [0.3, 0.4) is 0 Å². The van der Waals surface area contributed by atoms with Crippen LogP contribution in [0, 0.1) is 0 Å². The molecule has 0 radical (unpaired) electrons. The van der Waals surface area contributed by atoms with Gasteiger partial charge in [-0.2, -0.15) is 5.10 Å². The average molecular weight is 280 g/mol. The number of aliphatic hydroxyl groups excluding tert-OH is 1. The standard InChI is InChI=1S/C14H24N4O2/c1-9(2)12-6-13(16-15-12)14(20)18-7-10(17(3)4)5-11(18)8-19/h6,9-11,19H,5,7-8H2,1-4H3,(H,15,16)/t10-,11+/m1/s1. The Balaban J connectivity index is 2.14. The topological polar surface area (TPSA) is 72.5 Å². The number of aliphatic hydroxyl groups is 1. The summed E-state index contributed by atoms with van der Waals surface area (Å²) in [5, 5.41) is 16.5. The van der Waals surface area contributed by atoms with E-state index in [0.717, 1.165) is 12.1 Å². The number of aromatic nitrogens is 2. The Hall–Kier alpha value is -1.40. The van der Waals surface area contributed by atoms with E-state index in [2.05, 4.69) is 28.9 Å². The van der Waals surface area contributed by atoms with Crippen LogP contribution < -0.4 is 0 Å². The van der Waals surface area contributed by atoms with Gasteiger partial charge in [-0.25, -0.2) is 0 Å². The summed E-state index contributed by atoms with van der Waals surface area (Å²) in [6.07, 6.45) is 0.802. The van der Waals surface area contributed by atoms with Gasteiger partial charge in [0.15, 0.2) is 0 Å². The van der Waals surface area contributed by atoms with Crippen molar-refractivity contribution in [2.75, 3.05) is 27.2 Å². The molecule has 2 heterocycles. The van der Waals surface area contributed by atoms with Crippen LogP contribution in [-0.2, 0) is 0 Å². The summed E-state index contributed by atoms with van der Waals surface area (Å²) in [4.78, 5) is 16.4. The molecular weight excluding hydrogens is 256 g/mol. The molecule has 1 aliphatic heterocycles. The van der Waals surface area contributed by atoms with E-state index in [-0.39, 0.29) is 18.6 Å². The lowest BCUT2D eigenvalue weighted by Crippen LogP contribution is -2.39. The molecule has 112 valence electrons. The lowest BCUT2D eigenvalue weighted by Gasteiger charge is -2.22. The minimum atomic E-state index is -0.117. The molecule has 1 aliphatic rings. The largest absolute Gasteiger partial charge is 0.394 e. The number of amides is 1. The molecule has 2 N–H and O–H groups in total. The van der Waals surface area contributed by atoms with Crippen LogP contribution in [-0.4, -0.2) is 70.3 Å². The predicted molar refractivity (Wildman–Crippen MR) is 76.7 cm³/mol. The second-order valence-electron chi connectivity index (χ2n) is 6.01. The molecule has 0 unspecified atom stereocenters. The fraction of sp³-hybridized carbons (Fsp3) is 0.714. The van der Waals surface area contributed by atoms with Crippen LogP contribution in [0.15, 0.2) is 6.07 Å². The van der Waals surface area contributed by atoms with Crippen molar-refractivity contribution < 1.29 is 9.90 Å². The molecule has 2 atom stereocenters. The Morgan fingerprint density at radius 3 is 2.80 bits per heavy atom. The second kappa shape index (κ2) is 5.93. The number of rotatable bonds is 4. The van der Waals surface area contributed by atoms with E-state index >= 15 is 0 Å². The quantitative estimate of drug-likeness (QED) is 0.850. The van der Waals surface area contributed by atoms with E-state index in [1.165, 1.54) is 0 Å². The fourth-order valence-corrected chi connectivity index (χ4v) is 2.58. The number of hydrogen-bond acceptors (Lipinski definition) is 4. The summed E-state index contributed by atoms with van der Waals surface area (Å²) in [7, 11) is 4.00. The fourth-order valence-electron chi connectivity index (χ4n) is 2.58. The number of H-pyrrole nitrogens is 1. The molecule has 0 saturated carbocycles. The Morgan fingerprint density at radius 2 is 2.30 bits per heavy atom. The van der Waals surface area contributed by atoms with Crippen molar-refractivity contribution in [2.45, 2.75) is 38.3 Å². The SMILES string of the molecule is CC(C)c1cc(C(=O)N2C[C@H](N(C)C)C[C@H]2CO)n[nH]1. The number of likely N-dealkylation sites (N-methyl/N-ethyl adjacent to an activating group) is 1. The highest BCUT2D eigenvalue weighted by Gasteiger charge is 2.36. The lowest BCUT2D eigenvalue weighted by molar-refractivity contribution is 0.0667. The van der Waals surface area contributed by atoms with Crippen LogP contribution in [0.1, 0.15) is 42.4 Å². The molecule has 1 fully saturated rings. The average Bonchev–Trinajstić information content (AvgIpc) is 3.04. The van der Waals surface area contributed by atoms with Gasteiger partial charge in [0.2, 0.25) is 0 Å². The highest BCUT2D eigenvalue weighted by molar-refractivity contribution is 5.93. The number of aromatic amines is 1. The number of carbonyl (C=O) groups is 1. The normalized spacial score (nSPS) is 23.1. The monoisotopic (exact) mass is 280 g/mol. The van der Waals surface area contributed by atoms with Crippen molar-refractivity contribution in [3.8, 4) is 0 Å². The first-order valence-electron chi connectivity index (χ1n) is 7.07. The van der Waals surface area contributed by atoms with Gasteiger partial charge in [-0.05, 0) is 32.5 Å². The molecule has 0 bridgehead atoms. The molecule has 2 rings (SSSR count). The highest BCUT2D eigenvalue weighted by atomic mass is 16.3. The van der Waals surface area contributed by atoms with Gasteiger partial charge in [-0.3, -0.25) is 9.89 Å². The smallest absolute Gasteiger partial charge is 0.274 e. The van der Waals surface area contributed by atoms with Crippen molar-refractivity contribution in [2.24, 2.45) is 0 Å². The third-order valence-electron chi connectivity index (χ3n) is 4.03. The molecule has 6 nitrogen and oxygen atoms in total. The molecule has 1 aromatic heterocycles. The van der Waals surface area contributed by atoms with E-state index in [1.807, 2.05) is 20.2 Å². The second-order valence-corrected chi connectivity index (χ2v) is 6.01. The zero-order chi connectivity index (χ0) is 14.9. The Kier molecular flexibility index (Phi) is 4.45. The van der Waals surface area contributed by atoms with Gasteiger partial charge in [-0.1, -0.05) is 13.8 Å². The summed E-state index contributed by atoms with van der Waals surface area (Å²) >= 11 is 0. The van der Waals surface area contributed by atoms with Crippen molar-refractivity contribution >= 4 is 5.91 Å². The zero-order valence-corrected chi connectivity index (χ0v) is 12.6. The number of hydrogen-bond donors (Lipinski definition) is 2. The van der Waals surface area contributed by atoms with E-state index in [1.54, 1.807) is 4.90 Å². The molecule has 6 heteroatoms. The van der Waals surface area contributed by atoms with Gasteiger partial charge in [0.05, 0.1) is 12.6 Å². The van der Waals surface area contributed by atoms with Crippen LogP contribution >= 0.6 is 0 Å². The van der Waals surface area contributed by atoms with Gasteiger partial charge >= 0.3 is 0 Å². The van der Waals surface area contributed by atoms with Crippen molar-refractivity contribution in [3.05, 3.63) is 17.5 Å².